The van der Waals surface area contributed by atoms with Crippen molar-refractivity contribution in [2.45, 2.75) is 6.42 Å². The van der Waals surface area contributed by atoms with Crippen LogP contribution >= 0.6 is 16.1 Å². The third-order valence-electron chi connectivity index (χ3n) is 2.05. The molecule has 3 heteroatoms. The van der Waals surface area contributed by atoms with Crippen LogP contribution in [0, 0.1) is 0 Å². The van der Waals surface area contributed by atoms with Gasteiger partial charge < -0.3 is 0 Å². The minimum atomic E-state index is 0.0665. The van der Waals surface area contributed by atoms with Crippen LogP contribution in [0.2, 0.25) is 0 Å². The fraction of sp³-hybridized carbons (Fsp3) is 0.222. The molecule has 2 rings (SSSR count). The molecule has 0 bridgehead atoms. The first-order valence-corrected chi connectivity index (χ1v) is 4.55. The van der Waals surface area contributed by atoms with Crippen molar-refractivity contribution in [1.82, 2.24) is 3.93 Å². The van der Waals surface area contributed by atoms with E-state index in [1.165, 1.54) is 0 Å². The van der Waals surface area contributed by atoms with Crippen molar-refractivity contribution in [1.29, 1.82) is 0 Å². The molecule has 1 aliphatic rings. The molecule has 0 spiro atoms. The molecule has 0 saturated carbocycles. The molecule has 1 aromatic rings. The highest BCUT2D eigenvalue weighted by atomic mass is 79.9. The molecule has 0 unspecified atom stereocenters. The van der Waals surface area contributed by atoms with E-state index in [1.54, 1.807) is 3.93 Å². The monoisotopic (exact) mass is 225 g/mol. The Balaban J connectivity index is 2.49. The molecule has 1 aromatic carbocycles. The van der Waals surface area contributed by atoms with E-state index in [0.717, 1.165) is 24.1 Å². The second kappa shape index (κ2) is 2.90. The van der Waals surface area contributed by atoms with Gasteiger partial charge in [0.05, 0.1) is 16.1 Å². The SMILES string of the molecule is O=C1c2ccccc2CCN1Br. The van der Waals surface area contributed by atoms with E-state index in [2.05, 4.69) is 16.1 Å². The third kappa shape index (κ3) is 1.14. The van der Waals surface area contributed by atoms with Gasteiger partial charge in [-0.3, -0.25) is 8.72 Å². The average Bonchev–Trinajstić information content (AvgIpc) is 2.12. The Morgan fingerprint density at radius 2 is 2.08 bits per heavy atom. The van der Waals surface area contributed by atoms with Crippen molar-refractivity contribution >= 4 is 22.1 Å². The van der Waals surface area contributed by atoms with Crippen molar-refractivity contribution in [3.63, 3.8) is 0 Å². The number of rotatable bonds is 0. The highest BCUT2D eigenvalue weighted by Crippen LogP contribution is 2.20. The van der Waals surface area contributed by atoms with Gasteiger partial charge >= 0.3 is 0 Å². The molecule has 0 saturated heterocycles. The number of fused-ring (bicyclic) bond motifs is 1. The van der Waals surface area contributed by atoms with Crippen LogP contribution in [0.5, 0.6) is 0 Å². The van der Waals surface area contributed by atoms with E-state index >= 15 is 0 Å². The van der Waals surface area contributed by atoms with Crippen LogP contribution < -0.4 is 0 Å². The van der Waals surface area contributed by atoms with Gasteiger partial charge in [-0.15, -0.1) is 0 Å². The number of nitrogens with zero attached hydrogens (tertiary/aromatic N) is 1. The van der Waals surface area contributed by atoms with Crippen molar-refractivity contribution in [3.05, 3.63) is 35.4 Å². The smallest absolute Gasteiger partial charge is 0.264 e. The molecule has 0 N–H and O–H groups in total. The van der Waals surface area contributed by atoms with Gasteiger partial charge in [0, 0.05) is 12.1 Å². The molecular weight excluding hydrogens is 218 g/mol. The topological polar surface area (TPSA) is 20.3 Å². The second-order valence-corrected chi connectivity index (χ2v) is 3.65. The van der Waals surface area contributed by atoms with Gasteiger partial charge in [0.25, 0.3) is 5.91 Å². The van der Waals surface area contributed by atoms with E-state index in [1.807, 2.05) is 24.3 Å². The molecule has 0 aliphatic carbocycles. The fourth-order valence-corrected chi connectivity index (χ4v) is 1.77. The molecular formula is C9H8BrNO. The molecule has 0 aromatic heterocycles. The van der Waals surface area contributed by atoms with E-state index in [0.29, 0.717) is 0 Å². The molecule has 1 amide bonds. The number of carbonyl (C=O) groups is 1. The molecule has 1 aliphatic heterocycles. The standard InChI is InChI=1S/C9H8BrNO/c10-11-6-5-7-3-1-2-4-8(7)9(11)12/h1-4H,5-6H2. The molecule has 0 radical (unpaired) electrons. The van der Waals surface area contributed by atoms with E-state index in [4.69, 9.17) is 0 Å². The summed E-state index contributed by atoms with van der Waals surface area (Å²) >= 11 is 3.21. The van der Waals surface area contributed by atoms with Gasteiger partial charge in [0.1, 0.15) is 0 Å². The summed E-state index contributed by atoms with van der Waals surface area (Å²) in [5.74, 6) is 0.0665. The Kier molecular flexibility index (Phi) is 1.89. The molecule has 0 atom stereocenters. The van der Waals surface area contributed by atoms with Gasteiger partial charge in [0.15, 0.2) is 0 Å². The van der Waals surface area contributed by atoms with Crippen LogP contribution in [0.15, 0.2) is 24.3 Å². The van der Waals surface area contributed by atoms with Gasteiger partial charge in [-0.2, -0.15) is 0 Å². The maximum absolute atomic E-state index is 11.5. The van der Waals surface area contributed by atoms with Crippen LogP contribution in [-0.2, 0) is 6.42 Å². The summed E-state index contributed by atoms with van der Waals surface area (Å²) in [5, 5.41) is 0. The van der Waals surface area contributed by atoms with Crippen LogP contribution in [-0.4, -0.2) is 16.4 Å². The van der Waals surface area contributed by atoms with Crippen molar-refractivity contribution in [3.8, 4) is 0 Å². The molecule has 0 fully saturated rings. The quantitative estimate of drug-likeness (QED) is 0.619. The van der Waals surface area contributed by atoms with Crippen molar-refractivity contribution in [2.24, 2.45) is 0 Å². The summed E-state index contributed by atoms with van der Waals surface area (Å²) in [6.45, 7) is 0.760. The highest BCUT2D eigenvalue weighted by molar-refractivity contribution is 9.07. The fourth-order valence-electron chi connectivity index (χ4n) is 1.40. The Bertz CT molecular complexity index is 324. The number of carbonyl (C=O) groups excluding carboxylic acids is 1. The largest absolute Gasteiger partial charge is 0.274 e. The second-order valence-electron chi connectivity index (χ2n) is 2.80. The third-order valence-corrected chi connectivity index (χ3v) is 2.72. The Morgan fingerprint density at radius 1 is 1.33 bits per heavy atom. The van der Waals surface area contributed by atoms with Crippen LogP contribution in [0.3, 0.4) is 0 Å². The van der Waals surface area contributed by atoms with Crippen molar-refractivity contribution in [2.75, 3.05) is 6.54 Å². The van der Waals surface area contributed by atoms with E-state index in [-0.39, 0.29) is 5.91 Å². The molecule has 62 valence electrons. The summed E-state index contributed by atoms with van der Waals surface area (Å²) in [5.41, 5.74) is 1.97. The Labute approximate surface area is 79.5 Å². The summed E-state index contributed by atoms with van der Waals surface area (Å²) in [6, 6.07) is 7.73. The normalized spacial score (nSPS) is 16.1. The van der Waals surface area contributed by atoms with Gasteiger partial charge in [0.2, 0.25) is 0 Å². The first kappa shape index (κ1) is 7.80. The average molecular weight is 226 g/mol. The summed E-state index contributed by atoms with van der Waals surface area (Å²) < 4.78 is 1.58. The van der Waals surface area contributed by atoms with E-state index < -0.39 is 0 Å². The predicted octanol–water partition coefficient (Wildman–Crippen LogP) is 1.99. The zero-order valence-corrected chi connectivity index (χ0v) is 8.04. The predicted molar refractivity (Wildman–Crippen MR) is 50.1 cm³/mol. The summed E-state index contributed by atoms with van der Waals surface area (Å²) in [6.07, 6.45) is 0.938. The molecule has 2 nitrogen and oxygen atoms in total. The minimum absolute atomic E-state index is 0.0665. The Morgan fingerprint density at radius 3 is 2.92 bits per heavy atom. The van der Waals surface area contributed by atoms with Gasteiger partial charge in [-0.25, -0.2) is 0 Å². The number of amides is 1. The van der Waals surface area contributed by atoms with E-state index in [9.17, 15) is 4.79 Å². The lowest BCUT2D eigenvalue weighted by atomic mass is 10.0. The van der Waals surface area contributed by atoms with Crippen LogP contribution in [0.1, 0.15) is 15.9 Å². The number of hydrogen-bond acceptors (Lipinski definition) is 1. The lowest BCUT2D eigenvalue weighted by Gasteiger charge is -2.22. The number of benzene rings is 1. The molecule has 1 heterocycles. The van der Waals surface area contributed by atoms with Crippen LogP contribution in [0.25, 0.3) is 0 Å². The summed E-state index contributed by atoms with van der Waals surface area (Å²) in [4.78, 5) is 11.5. The lowest BCUT2D eigenvalue weighted by molar-refractivity contribution is 0.0868. The van der Waals surface area contributed by atoms with Gasteiger partial charge in [-0.1, -0.05) is 18.2 Å². The van der Waals surface area contributed by atoms with Gasteiger partial charge in [-0.05, 0) is 18.1 Å². The van der Waals surface area contributed by atoms with Crippen LogP contribution in [0.4, 0.5) is 0 Å². The highest BCUT2D eigenvalue weighted by Gasteiger charge is 2.21. The molecule has 12 heavy (non-hydrogen) atoms. The minimum Gasteiger partial charge on any atom is -0.274 e. The summed E-state index contributed by atoms with van der Waals surface area (Å²) in [7, 11) is 0. The van der Waals surface area contributed by atoms with Crippen molar-refractivity contribution < 1.29 is 4.79 Å². The zero-order valence-electron chi connectivity index (χ0n) is 6.46. The Hall–Kier alpha value is -0.830. The number of hydrogen-bond donors (Lipinski definition) is 0. The zero-order chi connectivity index (χ0) is 8.55. The first-order valence-electron chi connectivity index (χ1n) is 3.84. The maximum Gasteiger partial charge on any atom is 0.264 e. The maximum atomic E-state index is 11.5. The lowest BCUT2D eigenvalue weighted by Crippen LogP contribution is -2.29. The number of halogens is 1. The first-order chi connectivity index (χ1) is 5.79.